The molecule has 0 radical (unpaired) electrons. The van der Waals surface area contributed by atoms with Crippen molar-refractivity contribution in [3.63, 3.8) is 0 Å². The number of hydrogen-bond donors (Lipinski definition) is 2. The second-order valence-corrected chi connectivity index (χ2v) is 7.63. The lowest BCUT2D eigenvalue weighted by molar-refractivity contribution is -0.116. The Balaban J connectivity index is 1.84. The molecule has 0 saturated carbocycles. The molecule has 0 atom stereocenters. The van der Waals surface area contributed by atoms with Crippen LogP contribution < -0.4 is 5.32 Å². The number of carboxylic acid groups (broad SMARTS) is 1. The highest BCUT2D eigenvalue weighted by atomic mass is 35.5. The molecule has 0 bridgehead atoms. The van der Waals surface area contributed by atoms with E-state index in [2.05, 4.69) is 5.32 Å². The summed E-state index contributed by atoms with van der Waals surface area (Å²) in [5.41, 5.74) is 1.28. The van der Waals surface area contributed by atoms with Crippen LogP contribution in [-0.2, 0) is 11.2 Å². The molecule has 3 rings (SSSR count). The van der Waals surface area contributed by atoms with E-state index < -0.39 is 11.8 Å². The van der Waals surface area contributed by atoms with Gasteiger partial charge in [0.25, 0.3) is 0 Å². The molecule has 0 spiro atoms. The Morgan fingerprint density at radius 3 is 2.46 bits per heavy atom. The molecular formula is C20H14Cl2FNO3S. The molecule has 0 aliphatic carbocycles. The van der Waals surface area contributed by atoms with Gasteiger partial charge in [-0.3, -0.25) is 4.79 Å². The van der Waals surface area contributed by atoms with Crippen LogP contribution in [0.25, 0.3) is 11.1 Å². The second kappa shape index (κ2) is 8.73. The monoisotopic (exact) mass is 437 g/mol. The van der Waals surface area contributed by atoms with Gasteiger partial charge in [0.1, 0.15) is 16.4 Å². The Morgan fingerprint density at radius 1 is 1.07 bits per heavy atom. The van der Waals surface area contributed by atoms with E-state index in [4.69, 9.17) is 23.2 Å². The number of benzene rings is 2. The molecule has 0 aliphatic heterocycles. The van der Waals surface area contributed by atoms with Gasteiger partial charge in [0.15, 0.2) is 0 Å². The first-order valence-electron chi connectivity index (χ1n) is 8.20. The molecule has 0 fully saturated rings. The van der Waals surface area contributed by atoms with E-state index in [9.17, 15) is 19.1 Å². The number of aromatic carboxylic acids is 1. The number of carboxylic acids is 1. The van der Waals surface area contributed by atoms with Crippen LogP contribution in [0, 0.1) is 5.82 Å². The Morgan fingerprint density at radius 2 is 1.79 bits per heavy atom. The maximum atomic E-state index is 13.9. The van der Waals surface area contributed by atoms with Crippen LogP contribution in [0.5, 0.6) is 0 Å². The fraction of sp³-hybridized carbons (Fsp3) is 0.100. The molecule has 0 saturated heterocycles. The number of anilines is 1. The zero-order valence-corrected chi connectivity index (χ0v) is 16.7. The minimum absolute atomic E-state index is 0.119. The van der Waals surface area contributed by atoms with Gasteiger partial charge in [-0.1, -0.05) is 53.5 Å². The lowest BCUT2D eigenvalue weighted by atomic mass is 10.0. The summed E-state index contributed by atoms with van der Waals surface area (Å²) in [6.07, 6.45) is 0.730. The summed E-state index contributed by atoms with van der Waals surface area (Å²) in [6, 6.07) is 11.8. The van der Waals surface area contributed by atoms with Gasteiger partial charge >= 0.3 is 5.97 Å². The van der Waals surface area contributed by atoms with Crippen molar-refractivity contribution < 1.29 is 19.1 Å². The van der Waals surface area contributed by atoms with Crippen molar-refractivity contribution in [2.45, 2.75) is 12.8 Å². The fourth-order valence-corrected chi connectivity index (χ4v) is 4.13. The lowest BCUT2D eigenvalue weighted by Gasteiger charge is -2.08. The summed E-state index contributed by atoms with van der Waals surface area (Å²) in [5, 5.41) is 13.9. The van der Waals surface area contributed by atoms with Crippen LogP contribution in [0.4, 0.5) is 9.39 Å². The summed E-state index contributed by atoms with van der Waals surface area (Å²) in [5.74, 6) is -2.27. The summed E-state index contributed by atoms with van der Waals surface area (Å²) >= 11 is 12.9. The first-order valence-corrected chi connectivity index (χ1v) is 9.84. The van der Waals surface area contributed by atoms with Crippen LogP contribution in [0.3, 0.4) is 0 Å². The molecular weight excluding hydrogens is 424 g/mol. The molecule has 1 heterocycles. The van der Waals surface area contributed by atoms with Gasteiger partial charge in [0.05, 0.1) is 10.0 Å². The number of halogens is 3. The van der Waals surface area contributed by atoms with Crippen molar-refractivity contribution in [1.29, 1.82) is 0 Å². The predicted molar refractivity (Wildman–Crippen MR) is 110 cm³/mol. The highest BCUT2D eigenvalue weighted by Crippen LogP contribution is 2.40. The maximum absolute atomic E-state index is 13.9. The quantitative estimate of drug-likeness (QED) is 0.455. The van der Waals surface area contributed by atoms with E-state index in [0.29, 0.717) is 6.42 Å². The number of carbonyl (C=O) groups is 2. The number of nitrogens with one attached hydrogen (secondary N) is 1. The maximum Gasteiger partial charge on any atom is 0.339 e. The minimum atomic E-state index is -1.25. The first kappa shape index (κ1) is 20.3. The molecule has 4 nitrogen and oxygen atoms in total. The molecule has 1 amide bonds. The Hall–Kier alpha value is -2.41. The van der Waals surface area contributed by atoms with Gasteiger partial charge in [-0.15, -0.1) is 11.3 Å². The predicted octanol–water partition coefficient (Wildman–Crippen LogP) is 6.13. The average molecular weight is 438 g/mol. The second-order valence-electron chi connectivity index (χ2n) is 5.94. The summed E-state index contributed by atoms with van der Waals surface area (Å²) < 4.78 is 13.9. The molecule has 0 aliphatic rings. The van der Waals surface area contributed by atoms with E-state index in [0.717, 1.165) is 23.0 Å². The van der Waals surface area contributed by atoms with E-state index in [1.54, 1.807) is 0 Å². The lowest BCUT2D eigenvalue weighted by Crippen LogP contribution is -2.14. The number of hydrogen-bond acceptors (Lipinski definition) is 3. The topological polar surface area (TPSA) is 66.4 Å². The van der Waals surface area contributed by atoms with Crippen molar-refractivity contribution in [2.24, 2.45) is 0 Å². The Kier molecular flexibility index (Phi) is 6.34. The third-order valence-electron chi connectivity index (χ3n) is 4.04. The summed E-state index contributed by atoms with van der Waals surface area (Å²) in [6.45, 7) is 0. The van der Waals surface area contributed by atoms with Crippen LogP contribution in [0.15, 0.2) is 47.8 Å². The molecule has 144 valence electrons. The number of rotatable bonds is 6. The standard InChI is InChI=1S/C20H14Cl2FNO3S/c21-14-9-15(22)16(23)8-12(14)13-10-28-19(18(13)20(26)27)24-17(25)7-6-11-4-2-1-3-5-11/h1-5,8-10H,6-7H2,(H,24,25)(H,26,27). The molecule has 3 aromatic rings. The van der Waals surface area contributed by atoms with Crippen molar-refractivity contribution in [2.75, 3.05) is 5.32 Å². The van der Waals surface area contributed by atoms with Crippen LogP contribution in [0.2, 0.25) is 10.0 Å². The molecule has 1 aromatic heterocycles. The normalized spacial score (nSPS) is 10.7. The van der Waals surface area contributed by atoms with E-state index in [1.165, 1.54) is 11.4 Å². The molecule has 2 N–H and O–H groups in total. The minimum Gasteiger partial charge on any atom is -0.478 e. The highest BCUT2D eigenvalue weighted by molar-refractivity contribution is 7.15. The largest absolute Gasteiger partial charge is 0.478 e. The van der Waals surface area contributed by atoms with Gasteiger partial charge in [0, 0.05) is 22.9 Å². The number of carbonyl (C=O) groups excluding carboxylic acids is 1. The van der Waals surface area contributed by atoms with Crippen molar-refractivity contribution in [3.8, 4) is 11.1 Å². The molecule has 2 aromatic carbocycles. The number of aryl methyl sites for hydroxylation is 1. The van der Waals surface area contributed by atoms with Gasteiger partial charge in [-0.05, 0) is 24.1 Å². The third kappa shape index (κ3) is 4.52. The molecule has 0 unspecified atom stereocenters. The fourth-order valence-electron chi connectivity index (χ4n) is 2.68. The van der Waals surface area contributed by atoms with Gasteiger partial charge in [-0.25, -0.2) is 9.18 Å². The van der Waals surface area contributed by atoms with Gasteiger partial charge in [-0.2, -0.15) is 0 Å². The Labute approximate surface area is 174 Å². The van der Waals surface area contributed by atoms with Crippen molar-refractivity contribution in [3.05, 3.63) is 74.8 Å². The average Bonchev–Trinajstić information content (AvgIpc) is 3.07. The van der Waals surface area contributed by atoms with Crippen molar-refractivity contribution >= 4 is 51.4 Å². The van der Waals surface area contributed by atoms with E-state index in [1.807, 2.05) is 30.3 Å². The van der Waals surface area contributed by atoms with Crippen molar-refractivity contribution in [1.82, 2.24) is 0 Å². The van der Waals surface area contributed by atoms with Crippen LogP contribution in [0.1, 0.15) is 22.3 Å². The third-order valence-corrected chi connectivity index (χ3v) is 5.54. The number of amides is 1. The van der Waals surface area contributed by atoms with Gasteiger partial charge in [0.2, 0.25) is 5.91 Å². The van der Waals surface area contributed by atoms with Crippen LogP contribution >= 0.6 is 34.5 Å². The summed E-state index contributed by atoms with van der Waals surface area (Å²) in [4.78, 5) is 24.1. The van der Waals surface area contributed by atoms with E-state index >= 15 is 0 Å². The first-order chi connectivity index (χ1) is 13.4. The van der Waals surface area contributed by atoms with Crippen LogP contribution in [-0.4, -0.2) is 17.0 Å². The van der Waals surface area contributed by atoms with Gasteiger partial charge < -0.3 is 10.4 Å². The van der Waals surface area contributed by atoms with E-state index in [-0.39, 0.29) is 44.1 Å². The molecule has 8 heteroatoms. The smallest absolute Gasteiger partial charge is 0.339 e. The zero-order chi connectivity index (χ0) is 20.3. The number of thiophene rings is 1. The highest BCUT2D eigenvalue weighted by Gasteiger charge is 2.23. The Bertz CT molecular complexity index is 1040. The zero-order valence-electron chi connectivity index (χ0n) is 14.3. The summed E-state index contributed by atoms with van der Waals surface area (Å²) in [7, 11) is 0. The molecule has 28 heavy (non-hydrogen) atoms. The SMILES string of the molecule is O=C(CCc1ccccc1)Nc1scc(-c2cc(F)c(Cl)cc2Cl)c1C(=O)O.